The van der Waals surface area contributed by atoms with Gasteiger partial charge in [0, 0.05) is 28.0 Å². The lowest BCUT2D eigenvalue weighted by atomic mass is 10.0. The summed E-state index contributed by atoms with van der Waals surface area (Å²) in [6.07, 6.45) is 5.73. The van der Waals surface area contributed by atoms with Gasteiger partial charge >= 0.3 is 0 Å². The van der Waals surface area contributed by atoms with Gasteiger partial charge in [0.05, 0.1) is 0 Å². The van der Waals surface area contributed by atoms with Crippen molar-refractivity contribution in [2.75, 3.05) is 18.6 Å². The highest BCUT2D eigenvalue weighted by Crippen LogP contribution is 2.40. The number of hydrogen-bond donors (Lipinski definition) is 1. The predicted octanol–water partition coefficient (Wildman–Crippen LogP) is 3.00. The minimum Gasteiger partial charge on any atom is -0.316 e. The summed E-state index contributed by atoms with van der Waals surface area (Å²) in [5, 5.41) is 5.32. The molecule has 1 saturated carbocycles. The fourth-order valence-electron chi connectivity index (χ4n) is 2.44. The summed E-state index contributed by atoms with van der Waals surface area (Å²) in [5.41, 5.74) is 0. The van der Waals surface area contributed by atoms with Gasteiger partial charge in [-0.1, -0.05) is 19.8 Å². The van der Waals surface area contributed by atoms with E-state index in [1.54, 1.807) is 0 Å². The highest BCUT2D eigenvalue weighted by Gasteiger charge is 2.34. The van der Waals surface area contributed by atoms with Crippen LogP contribution < -0.4 is 5.32 Å². The van der Waals surface area contributed by atoms with Crippen molar-refractivity contribution < 1.29 is 0 Å². The molecule has 2 rings (SSSR count). The molecule has 2 fully saturated rings. The van der Waals surface area contributed by atoms with Crippen LogP contribution in [0.4, 0.5) is 0 Å². The molecule has 1 heterocycles. The van der Waals surface area contributed by atoms with E-state index in [1.807, 2.05) is 0 Å². The minimum absolute atomic E-state index is 0.764. The monoisotopic (exact) mass is 245 g/mol. The first-order chi connectivity index (χ1) is 7.35. The molecule has 0 aromatic heterocycles. The molecule has 0 radical (unpaired) electrons. The lowest BCUT2D eigenvalue weighted by molar-refractivity contribution is 0.464. The van der Waals surface area contributed by atoms with E-state index in [0.29, 0.717) is 0 Å². The van der Waals surface area contributed by atoms with Gasteiger partial charge in [0.2, 0.25) is 0 Å². The Morgan fingerprint density at radius 1 is 1.27 bits per heavy atom. The zero-order chi connectivity index (χ0) is 10.7. The molecule has 3 atom stereocenters. The van der Waals surface area contributed by atoms with E-state index in [4.69, 9.17) is 0 Å². The molecule has 0 aromatic rings. The molecular weight excluding hydrogens is 222 g/mol. The average Bonchev–Trinajstić information content (AvgIpc) is 3.10. The summed E-state index contributed by atoms with van der Waals surface area (Å²) < 4.78 is 0. The first kappa shape index (κ1) is 12.1. The Balaban J connectivity index is 1.90. The Bertz CT molecular complexity index is 194. The normalized spacial score (nSPS) is 34.0. The Kier molecular flexibility index (Phi) is 4.71. The molecule has 1 nitrogen and oxygen atoms in total. The summed E-state index contributed by atoms with van der Waals surface area (Å²) in [6.45, 7) is 2.35. The van der Waals surface area contributed by atoms with E-state index >= 15 is 0 Å². The molecule has 0 amide bonds. The molecule has 15 heavy (non-hydrogen) atoms. The highest BCUT2D eigenvalue weighted by atomic mass is 32.2. The lowest BCUT2D eigenvalue weighted by Gasteiger charge is -2.36. The number of thioether (sulfide) groups is 2. The summed E-state index contributed by atoms with van der Waals surface area (Å²) in [4.78, 5) is 0. The van der Waals surface area contributed by atoms with Gasteiger partial charge in [-0.2, -0.15) is 23.5 Å². The largest absolute Gasteiger partial charge is 0.316 e. The van der Waals surface area contributed by atoms with Crippen molar-refractivity contribution >= 4 is 23.5 Å². The van der Waals surface area contributed by atoms with Crippen LogP contribution in [0.25, 0.3) is 0 Å². The topological polar surface area (TPSA) is 12.0 Å². The second kappa shape index (κ2) is 5.83. The quantitative estimate of drug-likeness (QED) is 0.800. The first-order valence-electron chi connectivity index (χ1n) is 6.25. The second-order valence-electron chi connectivity index (χ2n) is 4.73. The molecule has 0 bridgehead atoms. The summed E-state index contributed by atoms with van der Waals surface area (Å²) in [7, 11) is 2.15. The molecule has 0 aromatic carbocycles. The third kappa shape index (κ3) is 3.31. The molecule has 1 aliphatic heterocycles. The van der Waals surface area contributed by atoms with Crippen molar-refractivity contribution in [1.82, 2.24) is 5.32 Å². The second-order valence-corrected chi connectivity index (χ2v) is 7.36. The summed E-state index contributed by atoms with van der Waals surface area (Å²) in [5.74, 6) is 3.77. The standard InChI is InChI=1S/C12H23NS2/c1-3-11-12(15-7-6-14-11)10(13-2)8-9-4-5-9/h9-13H,3-8H2,1-2H3. The van der Waals surface area contributed by atoms with E-state index in [1.165, 1.54) is 37.2 Å². The van der Waals surface area contributed by atoms with Gasteiger partial charge in [0.15, 0.2) is 0 Å². The van der Waals surface area contributed by atoms with Crippen LogP contribution in [0.2, 0.25) is 0 Å². The maximum absolute atomic E-state index is 3.57. The van der Waals surface area contributed by atoms with Crippen LogP contribution in [0.15, 0.2) is 0 Å². The number of hydrogen-bond acceptors (Lipinski definition) is 3. The van der Waals surface area contributed by atoms with E-state index in [-0.39, 0.29) is 0 Å². The van der Waals surface area contributed by atoms with Gasteiger partial charge in [0.25, 0.3) is 0 Å². The Labute approximate surface area is 103 Å². The number of rotatable bonds is 5. The Morgan fingerprint density at radius 2 is 2.00 bits per heavy atom. The third-order valence-corrected chi connectivity index (χ3v) is 6.95. The van der Waals surface area contributed by atoms with Gasteiger partial charge in [-0.3, -0.25) is 0 Å². The molecule has 1 aliphatic carbocycles. The van der Waals surface area contributed by atoms with Gasteiger partial charge in [-0.15, -0.1) is 0 Å². The molecular formula is C12H23NS2. The molecule has 3 heteroatoms. The summed E-state index contributed by atoms with van der Waals surface area (Å²) >= 11 is 4.42. The molecule has 0 spiro atoms. The van der Waals surface area contributed by atoms with Crippen molar-refractivity contribution in [3.8, 4) is 0 Å². The van der Waals surface area contributed by atoms with Crippen molar-refractivity contribution in [3.05, 3.63) is 0 Å². The Morgan fingerprint density at radius 3 is 2.60 bits per heavy atom. The SMILES string of the molecule is CCC1SCCSC1C(CC1CC1)NC. The van der Waals surface area contributed by atoms with Crippen molar-refractivity contribution in [2.24, 2.45) is 5.92 Å². The molecule has 3 unspecified atom stereocenters. The third-order valence-electron chi connectivity index (χ3n) is 3.55. The van der Waals surface area contributed by atoms with Gasteiger partial charge < -0.3 is 5.32 Å². The van der Waals surface area contributed by atoms with Gasteiger partial charge in [0.1, 0.15) is 0 Å². The molecule has 2 aliphatic rings. The predicted molar refractivity (Wildman–Crippen MR) is 73.0 cm³/mol. The molecule has 1 saturated heterocycles. The van der Waals surface area contributed by atoms with E-state index < -0.39 is 0 Å². The van der Waals surface area contributed by atoms with Crippen LogP contribution in [0.1, 0.15) is 32.6 Å². The first-order valence-corrected chi connectivity index (χ1v) is 8.35. The van der Waals surface area contributed by atoms with Crippen molar-refractivity contribution in [1.29, 1.82) is 0 Å². The van der Waals surface area contributed by atoms with Crippen LogP contribution in [0.5, 0.6) is 0 Å². The fourth-order valence-corrected chi connectivity index (χ4v) is 5.76. The zero-order valence-electron chi connectivity index (χ0n) is 9.87. The highest BCUT2D eigenvalue weighted by molar-refractivity contribution is 8.07. The van der Waals surface area contributed by atoms with Gasteiger partial charge in [-0.05, 0) is 25.8 Å². The fraction of sp³-hybridized carbons (Fsp3) is 1.00. The van der Waals surface area contributed by atoms with Crippen LogP contribution in [-0.2, 0) is 0 Å². The smallest absolute Gasteiger partial charge is 0.0320 e. The van der Waals surface area contributed by atoms with Gasteiger partial charge in [-0.25, -0.2) is 0 Å². The zero-order valence-corrected chi connectivity index (χ0v) is 11.5. The molecule has 88 valence electrons. The molecule has 1 N–H and O–H groups in total. The van der Waals surface area contributed by atoms with Crippen molar-refractivity contribution in [3.63, 3.8) is 0 Å². The maximum Gasteiger partial charge on any atom is 0.0320 e. The van der Waals surface area contributed by atoms with Crippen LogP contribution >= 0.6 is 23.5 Å². The maximum atomic E-state index is 3.57. The summed E-state index contributed by atoms with van der Waals surface area (Å²) in [6, 6.07) is 0.764. The van der Waals surface area contributed by atoms with E-state index in [0.717, 1.165) is 22.5 Å². The average molecular weight is 245 g/mol. The lowest BCUT2D eigenvalue weighted by Crippen LogP contribution is -2.43. The number of nitrogens with one attached hydrogen (secondary N) is 1. The minimum atomic E-state index is 0.764. The van der Waals surface area contributed by atoms with Crippen LogP contribution in [0.3, 0.4) is 0 Å². The van der Waals surface area contributed by atoms with Crippen LogP contribution in [-0.4, -0.2) is 35.1 Å². The van der Waals surface area contributed by atoms with Crippen molar-refractivity contribution in [2.45, 2.75) is 49.1 Å². The van der Waals surface area contributed by atoms with Crippen LogP contribution in [0, 0.1) is 5.92 Å². The van der Waals surface area contributed by atoms with E-state index in [2.05, 4.69) is 42.8 Å². The Hall–Kier alpha value is 0.660. The van der Waals surface area contributed by atoms with E-state index in [9.17, 15) is 0 Å².